The van der Waals surface area contributed by atoms with Crippen LogP contribution in [0.5, 0.6) is 0 Å². The average molecular weight is 348 g/mol. The molecule has 25 heavy (non-hydrogen) atoms. The molecular formula is C20H16ClN4. The van der Waals surface area contributed by atoms with E-state index in [4.69, 9.17) is 11.6 Å². The number of nitrogens with zero attached hydrogens (tertiary/aromatic N) is 3. The highest BCUT2D eigenvalue weighted by molar-refractivity contribution is 6.30. The molecule has 4 aromatic rings. The maximum absolute atomic E-state index is 5.95. The Labute approximate surface area is 152 Å². The predicted octanol–water partition coefficient (Wildman–Crippen LogP) is 5.13. The molecule has 0 bridgehead atoms. The van der Waals surface area contributed by atoms with E-state index >= 15 is 0 Å². The van der Waals surface area contributed by atoms with Crippen molar-refractivity contribution in [1.82, 2.24) is 15.2 Å². The number of fused-ring (bicyclic) bond motifs is 1. The second-order valence-corrected chi connectivity index (χ2v) is 6.14. The normalized spacial score (nSPS) is 10.8. The Bertz CT molecular complexity index is 1010. The molecule has 0 aliphatic heterocycles. The monoisotopic (exact) mass is 347 g/mol. The summed E-state index contributed by atoms with van der Waals surface area (Å²) in [6, 6.07) is 19.7. The fraction of sp³-hybridized carbons (Fsp3) is 0.0500. The number of halogens is 1. The highest BCUT2D eigenvalue weighted by Crippen LogP contribution is 2.27. The van der Waals surface area contributed by atoms with E-state index in [1.165, 1.54) is 0 Å². The molecule has 2 heterocycles. The van der Waals surface area contributed by atoms with Crippen molar-refractivity contribution in [3.63, 3.8) is 0 Å². The molecule has 5 heteroatoms. The van der Waals surface area contributed by atoms with Crippen molar-refractivity contribution in [2.45, 2.75) is 6.42 Å². The summed E-state index contributed by atoms with van der Waals surface area (Å²) in [5.41, 5.74) is 3.03. The Morgan fingerprint density at radius 1 is 0.840 bits per heavy atom. The number of pyridine rings is 1. The number of rotatable bonds is 4. The maximum Gasteiger partial charge on any atom is 0.160 e. The molecule has 4 rings (SSSR count). The summed E-state index contributed by atoms with van der Waals surface area (Å²) in [5, 5.41) is 15.0. The maximum atomic E-state index is 5.95. The Hall–Kier alpha value is -2.98. The first kappa shape index (κ1) is 15.5. The van der Waals surface area contributed by atoms with E-state index in [2.05, 4.69) is 32.6 Å². The number of nitrogens with one attached hydrogen (secondary N) is 1. The van der Waals surface area contributed by atoms with Gasteiger partial charge in [-0.15, -0.1) is 5.10 Å². The highest BCUT2D eigenvalue weighted by atomic mass is 35.5. The topological polar surface area (TPSA) is 50.7 Å². The molecule has 0 saturated heterocycles. The van der Waals surface area contributed by atoms with Crippen molar-refractivity contribution in [3.05, 3.63) is 89.3 Å². The molecule has 0 atom stereocenters. The van der Waals surface area contributed by atoms with Gasteiger partial charge in [0.1, 0.15) is 0 Å². The molecule has 2 aromatic heterocycles. The van der Waals surface area contributed by atoms with Crippen molar-refractivity contribution in [2.75, 3.05) is 5.32 Å². The SMILES string of the molecule is Clc1ccc(Nc2nnc(Cc3ccncc3)c3ccccc23)cc1.[H]. The minimum Gasteiger partial charge on any atom is -0.338 e. The molecule has 2 aromatic carbocycles. The molecule has 0 amide bonds. The van der Waals surface area contributed by atoms with Crippen LogP contribution in [0.25, 0.3) is 10.8 Å². The van der Waals surface area contributed by atoms with Crippen LogP contribution in [0.4, 0.5) is 11.5 Å². The summed E-state index contributed by atoms with van der Waals surface area (Å²) in [6.07, 6.45) is 4.31. The fourth-order valence-corrected chi connectivity index (χ4v) is 2.87. The van der Waals surface area contributed by atoms with Crippen molar-refractivity contribution in [2.24, 2.45) is 0 Å². The minimum atomic E-state index is 0. The Morgan fingerprint density at radius 3 is 2.32 bits per heavy atom. The van der Waals surface area contributed by atoms with Crippen LogP contribution in [-0.4, -0.2) is 15.2 Å². The lowest BCUT2D eigenvalue weighted by molar-refractivity contribution is 0.960. The Morgan fingerprint density at radius 2 is 1.56 bits per heavy atom. The van der Waals surface area contributed by atoms with Crippen LogP contribution in [0.3, 0.4) is 0 Å². The van der Waals surface area contributed by atoms with E-state index in [0.29, 0.717) is 5.02 Å². The van der Waals surface area contributed by atoms with Gasteiger partial charge in [-0.3, -0.25) is 4.98 Å². The second-order valence-electron chi connectivity index (χ2n) is 5.71. The van der Waals surface area contributed by atoms with Gasteiger partial charge in [0.25, 0.3) is 0 Å². The van der Waals surface area contributed by atoms with Gasteiger partial charge in [0.05, 0.1) is 5.69 Å². The van der Waals surface area contributed by atoms with Crippen LogP contribution in [0.1, 0.15) is 12.7 Å². The lowest BCUT2D eigenvalue weighted by Gasteiger charge is -2.11. The third kappa shape index (κ3) is 3.44. The molecule has 0 spiro atoms. The molecule has 123 valence electrons. The van der Waals surface area contributed by atoms with Gasteiger partial charge in [0.15, 0.2) is 5.82 Å². The number of anilines is 2. The summed E-state index contributed by atoms with van der Waals surface area (Å²) in [6.45, 7) is 0. The molecule has 0 aliphatic rings. The largest absolute Gasteiger partial charge is 0.338 e. The predicted molar refractivity (Wildman–Crippen MR) is 102 cm³/mol. The van der Waals surface area contributed by atoms with Crippen molar-refractivity contribution < 1.29 is 1.43 Å². The molecule has 0 aliphatic carbocycles. The van der Waals surface area contributed by atoms with E-state index in [-0.39, 0.29) is 1.43 Å². The van der Waals surface area contributed by atoms with Crippen LogP contribution in [-0.2, 0) is 6.42 Å². The summed E-state index contributed by atoms with van der Waals surface area (Å²) in [7, 11) is 0. The van der Waals surface area contributed by atoms with Gasteiger partial charge >= 0.3 is 0 Å². The van der Waals surface area contributed by atoms with Crippen LogP contribution in [0, 0.1) is 0 Å². The van der Waals surface area contributed by atoms with Gasteiger partial charge in [-0.25, -0.2) is 0 Å². The molecule has 4 nitrogen and oxygen atoms in total. The third-order valence-electron chi connectivity index (χ3n) is 3.99. The van der Waals surface area contributed by atoms with Crippen LogP contribution >= 0.6 is 11.6 Å². The number of hydrogen-bond acceptors (Lipinski definition) is 4. The summed E-state index contributed by atoms with van der Waals surface area (Å²) in [4.78, 5) is 4.06. The van der Waals surface area contributed by atoms with Gasteiger partial charge in [0.2, 0.25) is 0 Å². The lowest BCUT2D eigenvalue weighted by Crippen LogP contribution is -2.02. The fourth-order valence-electron chi connectivity index (χ4n) is 2.75. The van der Waals surface area contributed by atoms with Gasteiger partial charge in [-0.2, -0.15) is 5.10 Å². The van der Waals surface area contributed by atoms with Crippen molar-refractivity contribution >= 4 is 33.9 Å². The Balaban J connectivity index is 0.00000196. The van der Waals surface area contributed by atoms with E-state index in [9.17, 15) is 0 Å². The van der Waals surface area contributed by atoms with E-state index in [1.54, 1.807) is 12.4 Å². The summed E-state index contributed by atoms with van der Waals surface area (Å²) < 4.78 is 0. The van der Waals surface area contributed by atoms with Gasteiger partial charge in [-0.05, 0) is 42.0 Å². The standard InChI is InChI=1S/C20H15ClN4.H/c21-15-5-7-16(8-6-15)23-20-18-4-2-1-3-17(18)19(24-25-20)13-14-9-11-22-12-10-14;/h1-12H,13H2,(H,23,25);. The molecule has 0 unspecified atom stereocenters. The van der Waals surface area contributed by atoms with E-state index in [1.807, 2.05) is 48.5 Å². The molecule has 0 saturated carbocycles. The number of benzene rings is 2. The number of hydrogen-bond donors (Lipinski definition) is 1. The van der Waals surface area contributed by atoms with Crippen LogP contribution in [0.2, 0.25) is 5.02 Å². The van der Waals surface area contributed by atoms with E-state index in [0.717, 1.165) is 40.0 Å². The zero-order valence-electron chi connectivity index (χ0n) is 14.4. The van der Waals surface area contributed by atoms with E-state index < -0.39 is 0 Å². The number of aromatic nitrogens is 3. The molecule has 1 radical (unpaired) electrons. The summed E-state index contributed by atoms with van der Waals surface area (Å²) >= 11 is 5.95. The first-order chi connectivity index (χ1) is 12.3. The first-order valence-electron chi connectivity index (χ1n) is 7.95. The zero-order chi connectivity index (χ0) is 17.1. The Kier molecular flexibility index (Phi) is 4.27. The van der Waals surface area contributed by atoms with Crippen molar-refractivity contribution in [1.29, 1.82) is 0 Å². The summed E-state index contributed by atoms with van der Waals surface area (Å²) in [5.74, 6) is 0.733. The minimum absolute atomic E-state index is 0. The van der Waals surface area contributed by atoms with Crippen molar-refractivity contribution in [3.8, 4) is 0 Å². The first-order valence-corrected chi connectivity index (χ1v) is 8.33. The average Bonchev–Trinajstić information content (AvgIpc) is 2.66. The van der Waals surface area contributed by atoms with Gasteiger partial charge < -0.3 is 5.32 Å². The smallest absolute Gasteiger partial charge is 0.160 e. The second kappa shape index (κ2) is 6.87. The molecule has 1 N–H and O–H groups in total. The van der Waals surface area contributed by atoms with Gasteiger partial charge in [0, 0.05) is 41.7 Å². The van der Waals surface area contributed by atoms with Crippen LogP contribution in [0.15, 0.2) is 73.1 Å². The molecular weight excluding hydrogens is 332 g/mol. The molecule has 0 fully saturated rings. The van der Waals surface area contributed by atoms with Gasteiger partial charge in [-0.1, -0.05) is 35.9 Å². The highest BCUT2D eigenvalue weighted by Gasteiger charge is 2.10. The quantitative estimate of drug-likeness (QED) is 0.556. The third-order valence-corrected chi connectivity index (χ3v) is 4.24. The lowest BCUT2D eigenvalue weighted by atomic mass is 10.0. The zero-order valence-corrected chi connectivity index (χ0v) is 14.1. The van der Waals surface area contributed by atoms with Crippen LogP contribution < -0.4 is 5.32 Å².